The van der Waals surface area contributed by atoms with Gasteiger partial charge in [-0.25, -0.2) is 4.79 Å². The molecule has 0 aromatic heterocycles. The third-order valence-electron chi connectivity index (χ3n) is 2.28. The topological polar surface area (TPSA) is 66.8 Å². The maximum Gasteiger partial charge on any atom is 0.410 e. The van der Waals surface area contributed by atoms with Gasteiger partial charge in [0.15, 0.2) is 0 Å². The summed E-state index contributed by atoms with van der Waals surface area (Å²) < 4.78 is 5.07. The molecule has 1 N–H and O–H groups in total. The second kappa shape index (κ2) is 7.32. The molecule has 0 saturated heterocycles. The quantitative estimate of drug-likeness (QED) is 0.841. The van der Waals surface area contributed by atoms with Crippen LogP contribution >= 0.6 is 0 Å². The number of carboxylic acid groups (broad SMARTS) is 1. The van der Waals surface area contributed by atoms with Crippen molar-refractivity contribution < 1.29 is 19.4 Å². The highest BCUT2D eigenvalue weighted by Crippen LogP contribution is 2.03. The molecule has 18 heavy (non-hydrogen) atoms. The molecule has 5 nitrogen and oxygen atoms in total. The lowest BCUT2D eigenvalue weighted by Crippen LogP contribution is -2.36. The first-order valence-electron chi connectivity index (χ1n) is 5.81. The Hall–Kier alpha value is -2.04. The van der Waals surface area contributed by atoms with Crippen LogP contribution in [-0.4, -0.2) is 35.2 Å². The molecule has 0 heterocycles. The highest BCUT2D eigenvalue weighted by atomic mass is 16.6. The van der Waals surface area contributed by atoms with Crippen molar-refractivity contribution in [3.05, 3.63) is 35.9 Å². The number of carbonyl (C=O) groups excluding carboxylic acids is 1. The largest absolute Gasteiger partial charge is 0.480 e. The van der Waals surface area contributed by atoms with Crippen LogP contribution in [0.4, 0.5) is 4.79 Å². The zero-order chi connectivity index (χ0) is 13.4. The van der Waals surface area contributed by atoms with Crippen molar-refractivity contribution in [2.75, 3.05) is 13.1 Å². The normalized spacial score (nSPS) is 9.83. The summed E-state index contributed by atoms with van der Waals surface area (Å²) in [6.45, 7) is 2.07. The van der Waals surface area contributed by atoms with Crippen molar-refractivity contribution in [2.45, 2.75) is 20.0 Å². The summed E-state index contributed by atoms with van der Waals surface area (Å²) in [6, 6.07) is 9.26. The predicted molar refractivity (Wildman–Crippen MR) is 66.1 cm³/mol. The SMILES string of the molecule is CCCN(CC(=O)O)C(=O)OCc1ccccc1. The van der Waals surface area contributed by atoms with Crippen LogP contribution in [0, 0.1) is 0 Å². The maximum absolute atomic E-state index is 11.7. The van der Waals surface area contributed by atoms with Crippen LogP contribution in [0.5, 0.6) is 0 Å². The summed E-state index contributed by atoms with van der Waals surface area (Å²) in [5, 5.41) is 8.70. The number of hydrogen-bond donors (Lipinski definition) is 1. The minimum Gasteiger partial charge on any atom is -0.480 e. The molecule has 98 valence electrons. The Labute approximate surface area is 106 Å². The van der Waals surface area contributed by atoms with Gasteiger partial charge in [-0.1, -0.05) is 37.3 Å². The third kappa shape index (κ3) is 4.86. The lowest BCUT2D eigenvalue weighted by Gasteiger charge is -2.19. The summed E-state index contributed by atoms with van der Waals surface area (Å²) in [5.74, 6) is -1.04. The van der Waals surface area contributed by atoms with Crippen LogP contribution in [0.2, 0.25) is 0 Å². The van der Waals surface area contributed by atoms with Gasteiger partial charge in [0.25, 0.3) is 0 Å². The van der Waals surface area contributed by atoms with E-state index in [1.165, 1.54) is 4.90 Å². The van der Waals surface area contributed by atoms with E-state index in [0.717, 1.165) is 5.56 Å². The zero-order valence-electron chi connectivity index (χ0n) is 10.3. The summed E-state index contributed by atoms with van der Waals surface area (Å²) in [5.41, 5.74) is 0.873. The minimum absolute atomic E-state index is 0.152. The molecule has 0 saturated carbocycles. The number of ether oxygens (including phenoxy) is 1. The fourth-order valence-corrected chi connectivity index (χ4v) is 1.48. The number of carboxylic acids is 1. The first-order chi connectivity index (χ1) is 8.63. The second-order valence-corrected chi connectivity index (χ2v) is 3.86. The molecule has 1 amide bonds. The summed E-state index contributed by atoms with van der Waals surface area (Å²) in [6.07, 6.45) is 0.0939. The fraction of sp³-hybridized carbons (Fsp3) is 0.385. The summed E-state index contributed by atoms with van der Waals surface area (Å²) in [4.78, 5) is 23.5. The Balaban J connectivity index is 2.48. The Morgan fingerprint density at radius 1 is 1.28 bits per heavy atom. The molecule has 0 aliphatic carbocycles. The number of rotatable bonds is 6. The number of amides is 1. The van der Waals surface area contributed by atoms with E-state index < -0.39 is 12.1 Å². The van der Waals surface area contributed by atoms with Crippen molar-refractivity contribution >= 4 is 12.1 Å². The average molecular weight is 251 g/mol. The predicted octanol–water partition coefficient (Wildman–Crippen LogP) is 2.12. The highest BCUT2D eigenvalue weighted by Gasteiger charge is 2.17. The van der Waals surface area contributed by atoms with Crippen LogP contribution in [-0.2, 0) is 16.1 Å². The highest BCUT2D eigenvalue weighted by molar-refractivity contribution is 5.76. The Kier molecular flexibility index (Phi) is 5.70. The molecular formula is C13H17NO4. The maximum atomic E-state index is 11.7. The van der Waals surface area contributed by atoms with Crippen LogP contribution in [0.3, 0.4) is 0 Å². The lowest BCUT2D eigenvalue weighted by atomic mass is 10.2. The lowest BCUT2D eigenvalue weighted by molar-refractivity contribution is -0.138. The molecule has 0 atom stereocenters. The number of aliphatic carboxylic acids is 1. The number of carbonyl (C=O) groups is 2. The molecular weight excluding hydrogens is 234 g/mol. The van der Waals surface area contributed by atoms with E-state index in [1.54, 1.807) is 0 Å². The van der Waals surface area contributed by atoms with E-state index in [-0.39, 0.29) is 13.2 Å². The van der Waals surface area contributed by atoms with Gasteiger partial charge in [-0.2, -0.15) is 0 Å². The van der Waals surface area contributed by atoms with Crippen molar-refractivity contribution in [3.8, 4) is 0 Å². The first kappa shape index (κ1) is 14.0. The minimum atomic E-state index is -1.04. The average Bonchev–Trinajstić information content (AvgIpc) is 2.36. The van der Waals surface area contributed by atoms with Crippen molar-refractivity contribution in [3.63, 3.8) is 0 Å². The van der Waals surface area contributed by atoms with Crippen LogP contribution in [0.1, 0.15) is 18.9 Å². The van der Waals surface area contributed by atoms with E-state index in [9.17, 15) is 9.59 Å². The molecule has 0 aliphatic heterocycles. The van der Waals surface area contributed by atoms with Crippen LogP contribution in [0.15, 0.2) is 30.3 Å². The van der Waals surface area contributed by atoms with Gasteiger partial charge < -0.3 is 9.84 Å². The van der Waals surface area contributed by atoms with Gasteiger partial charge in [0.1, 0.15) is 13.2 Å². The Morgan fingerprint density at radius 3 is 2.50 bits per heavy atom. The molecule has 0 bridgehead atoms. The van der Waals surface area contributed by atoms with E-state index in [1.807, 2.05) is 37.3 Å². The van der Waals surface area contributed by atoms with E-state index in [4.69, 9.17) is 9.84 Å². The summed E-state index contributed by atoms with van der Waals surface area (Å²) in [7, 11) is 0. The Bertz CT molecular complexity index is 391. The van der Waals surface area contributed by atoms with Gasteiger partial charge in [-0.15, -0.1) is 0 Å². The zero-order valence-corrected chi connectivity index (χ0v) is 10.3. The van der Waals surface area contributed by atoms with Gasteiger partial charge >= 0.3 is 12.1 Å². The van der Waals surface area contributed by atoms with Crippen LogP contribution < -0.4 is 0 Å². The summed E-state index contributed by atoms with van der Waals surface area (Å²) >= 11 is 0. The Morgan fingerprint density at radius 2 is 1.94 bits per heavy atom. The second-order valence-electron chi connectivity index (χ2n) is 3.86. The monoisotopic (exact) mass is 251 g/mol. The number of hydrogen-bond acceptors (Lipinski definition) is 3. The fourth-order valence-electron chi connectivity index (χ4n) is 1.48. The van der Waals surface area contributed by atoms with E-state index in [0.29, 0.717) is 13.0 Å². The number of nitrogens with zero attached hydrogens (tertiary/aromatic N) is 1. The van der Waals surface area contributed by atoms with Gasteiger partial charge in [0.05, 0.1) is 0 Å². The first-order valence-corrected chi connectivity index (χ1v) is 5.81. The van der Waals surface area contributed by atoms with E-state index in [2.05, 4.69) is 0 Å². The van der Waals surface area contributed by atoms with Crippen molar-refractivity contribution in [1.82, 2.24) is 4.90 Å². The molecule has 0 spiro atoms. The van der Waals surface area contributed by atoms with E-state index >= 15 is 0 Å². The van der Waals surface area contributed by atoms with Crippen LogP contribution in [0.25, 0.3) is 0 Å². The molecule has 0 fully saturated rings. The standard InChI is InChI=1S/C13H17NO4/c1-2-8-14(9-12(15)16)13(17)18-10-11-6-4-3-5-7-11/h3-7H,2,8-10H2,1H3,(H,15,16). The van der Waals surface area contributed by atoms with Gasteiger partial charge in [-0.3, -0.25) is 9.69 Å². The molecule has 1 rings (SSSR count). The van der Waals surface area contributed by atoms with Crippen molar-refractivity contribution in [2.24, 2.45) is 0 Å². The van der Waals surface area contributed by atoms with Gasteiger partial charge in [-0.05, 0) is 12.0 Å². The molecule has 1 aromatic rings. The molecule has 0 radical (unpaired) electrons. The smallest absolute Gasteiger partial charge is 0.410 e. The van der Waals surface area contributed by atoms with Gasteiger partial charge in [0, 0.05) is 6.54 Å². The van der Waals surface area contributed by atoms with Crippen molar-refractivity contribution in [1.29, 1.82) is 0 Å². The molecule has 0 unspecified atom stereocenters. The van der Waals surface area contributed by atoms with Gasteiger partial charge in [0.2, 0.25) is 0 Å². The molecule has 1 aromatic carbocycles. The number of benzene rings is 1. The molecule has 0 aliphatic rings. The molecule has 5 heteroatoms. The third-order valence-corrected chi connectivity index (χ3v) is 2.28.